The van der Waals surface area contributed by atoms with Crippen LogP contribution in [-0.4, -0.2) is 55.0 Å². The Bertz CT molecular complexity index is 569. The fraction of sp³-hybridized carbons (Fsp3) is 0.632. The summed E-state index contributed by atoms with van der Waals surface area (Å²) in [4.78, 5) is 17.1. The van der Waals surface area contributed by atoms with E-state index in [1.807, 2.05) is 17.0 Å². The molecule has 0 bridgehead atoms. The highest BCUT2D eigenvalue weighted by Gasteiger charge is 2.33. The fourth-order valence-corrected chi connectivity index (χ4v) is 3.94. The van der Waals surface area contributed by atoms with Crippen molar-refractivity contribution in [3.05, 3.63) is 29.8 Å². The molecule has 0 spiro atoms. The molecule has 5 nitrogen and oxygen atoms in total. The van der Waals surface area contributed by atoms with Gasteiger partial charge in [0.25, 0.3) is 0 Å². The van der Waals surface area contributed by atoms with Crippen molar-refractivity contribution < 1.29 is 9.53 Å². The second kappa shape index (κ2) is 7.53. The largest absolute Gasteiger partial charge is 0.497 e. The fourth-order valence-electron chi connectivity index (χ4n) is 3.94. The molecule has 1 aromatic rings. The number of nitrogens with two attached hydrogens (primary N) is 1. The van der Waals surface area contributed by atoms with E-state index in [9.17, 15) is 4.79 Å². The summed E-state index contributed by atoms with van der Waals surface area (Å²) in [6.45, 7) is 5.70. The first kappa shape index (κ1) is 17.2. The van der Waals surface area contributed by atoms with Crippen LogP contribution in [-0.2, 0) is 4.79 Å². The Morgan fingerprint density at radius 2 is 2.00 bits per heavy atom. The molecular weight excluding hydrogens is 302 g/mol. The highest BCUT2D eigenvalue weighted by molar-refractivity contribution is 5.79. The lowest BCUT2D eigenvalue weighted by molar-refractivity contribution is -0.137. The number of hydrogen-bond acceptors (Lipinski definition) is 4. The third-order valence-corrected chi connectivity index (χ3v) is 5.57. The van der Waals surface area contributed by atoms with Crippen LogP contribution < -0.4 is 10.5 Å². The van der Waals surface area contributed by atoms with Crippen molar-refractivity contribution in [2.24, 2.45) is 11.7 Å². The van der Waals surface area contributed by atoms with Gasteiger partial charge < -0.3 is 15.4 Å². The summed E-state index contributed by atoms with van der Waals surface area (Å²) in [5, 5.41) is 0. The van der Waals surface area contributed by atoms with Crippen molar-refractivity contribution in [3.8, 4) is 5.75 Å². The number of nitrogens with zero attached hydrogens (tertiary/aromatic N) is 2. The number of hydrogen-bond donors (Lipinski definition) is 1. The molecule has 1 saturated heterocycles. The minimum absolute atomic E-state index is 0.155. The number of carbonyl (C=O) groups excluding carboxylic acids is 1. The molecule has 132 valence electrons. The van der Waals surface area contributed by atoms with E-state index >= 15 is 0 Å². The van der Waals surface area contributed by atoms with Gasteiger partial charge in [0, 0.05) is 44.2 Å². The Morgan fingerprint density at radius 1 is 1.25 bits per heavy atom. The van der Waals surface area contributed by atoms with Crippen LogP contribution in [0.3, 0.4) is 0 Å². The van der Waals surface area contributed by atoms with Crippen molar-refractivity contribution in [1.29, 1.82) is 0 Å². The third-order valence-electron chi connectivity index (χ3n) is 5.57. The number of benzene rings is 1. The first-order chi connectivity index (χ1) is 11.6. The molecular formula is C19H29N3O2. The Morgan fingerprint density at radius 3 is 2.62 bits per heavy atom. The van der Waals surface area contributed by atoms with Crippen molar-refractivity contribution in [3.63, 3.8) is 0 Å². The van der Waals surface area contributed by atoms with Gasteiger partial charge in [-0.2, -0.15) is 0 Å². The van der Waals surface area contributed by atoms with Crippen LogP contribution in [0.4, 0.5) is 0 Å². The van der Waals surface area contributed by atoms with E-state index < -0.39 is 0 Å². The highest BCUT2D eigenvalue weighted by atomic mass is 16.5. The zero-order chi connectivity index (χ0) is 17.1. The summed E-state index contributed by atoms with van der Waals surface area (Å²) in [5.41, 5.74) is 7.21. The topological polar surface area (TPSA) is 58.8 Å². The average molecular weight is 331 g/mol. The summed E-state index contributed by atoms with van der Waals surface area (Å²) in [7, 11) is 1.70. The van der Waals surface area contributed by atoms with E-state index in [0.717, 1.165) is 51.2 Å². The van der Waals surface area contributed by atoms with Gasteiger partial charge in [0.05, 0.1) is 7.11 Å². The van der Waals surface area contributed by atoms with E-state index in [4.69, 9.17) is 10.5 Å². The van der Waals surface area contributed by atoms with Crippen LogP contribution in [0.25, 0.3) is 0 Å². The number of rotatable bonds is 4. The van der Waals surface area contributed by atoms with E-state index in [1.165, 1.54) is 5.56 Å². The van der Waals surface area contributed by atoms with Crippen LogP contribution in [0.1, 0.15) is 37.8 Å². The first-order valence-corrected chi connectivity index (χ1v) is 9.01. The lowest BCUT2D eigenvalue weighted by Gasteiger charge is -2.39. The van der Waals surface area contributed by atoms with Gasteiger partial charge >= 0.3 is 0 Å². The summed E-state index contributed by atoms with van der Waals surface area (Å²) in [5.74, 6) is 1.37. The number of carbonyl (C=O) groups is 1. The molecule has 3 rings (SSSR count). The Balaban J connectivity index is 1.55. The van der Waals surface area contributed by atoms with E-state index in [0.29, 0.717) is 11.9 Å². The molecule has 1 amide bonds. The molecule has 2 aliphatic rings. The van der Waals surface area contributed by atoms with Gasteiger partial charge in [0.1, 0.15) is 5.75 Å². The van der Waals surface area contributed by atoms with Crippen molar-refractivity contribution >= 4 is 5.91 Å². The molecule has 1 saturated carbocycles. The molecule has 2 fully saturated rings. The van der Waals surface area contributed by atoms with E-state index in [-0.39, 0.29) is 12.0 Å². The maximum absolute atomic E-state index is 12.6. The predicted octanol–water partition coefficient (Wildman–Crippen LogP) is 2.03. The molecule has 1 aliphatic carbocycles. The maximum Gasteiger partial charge on any atom is 0.225 e. The second-order valence-corrected chi connectivity index (χ2v) is 7.08. The highest BCUT2D eigenvalue weighted by Crippen LogP contribution is 2.28. The summed E-state index contributed by atoms with van der Waals surface area (Å²) in [6.07, 6.45) is 2.81. The standard InChI is InChI=1S/C19H29N3O2/c1-14(15-4-3-5-18(13-15)24-2)21-8-10-22(11-9-21)19(23)16-6-7-17(20)12-16/h3-5,13-14,16-17H,6-12,20H2,1-2H3/t14-,16-,17+/m0/s1. The molecule has 0 aromatic heterocycles. The molecule has 1 aliphatic heterocycles. The number of methoxy groups -OCH3 is 1. The van der Waals surface area contributed by atoms with Crippen LogP contribution in [0, 0.1) is 5.92 Å². The Kier molecular flexibility index (Phi) is 5.41. The normalized spacial score (nSPS) is 26.4. The zero-order valence-corrected chi connectivity index (χ0v) is 14.8. The Labute approximate surface area is 144 Å². The van der Waals surface area contributed by atoms with Crippen LogP contribution in [0.5, 0.6) is 5.75 Å². The van der Waals surface area contributed by atoms with Crippen molar-refractivity contribution in [1.82, 2.24) is 9.80 Å². The van der Waals surface area contributed by atoms with Gasteiger partial charge in [-0.05, 0) is 43.9 Å². The summed E-state index contributed by atoms with van der Waals surface area (Å²) < 4.78 is 5.32. The number of amides is 1. The minimum Gasteiger partial charge on any atom is -0.497 e. The quantitative estimate of drug-likeness (QED) is 0.917. The number of piperazine rings is 1. The zero-order valence-electron chi connectivity index (χ0n) is 14.8. The average Bonchev–Trinajstić information content (AvgIpc) is 3.07. The van der Waals surface area contributed by atoms with Gasteiger partial charge in [0.2, 0.25) is 5.91 Å². The molecule has 0 radical (unpaired) electrons. The van der Waals surface area contributed by atoms with Crippen molar-refractivity contribution in [2.45, 2.75) is 38.3 Å². The SMILES string of the molecule is COc1cccc([C@H](C)N2CCN(C(=O)[C@H]3CC[C@@H](N)C3)CC2)c1. The monoisotopic (exact) mass is 331 g/mol. The van der Waals surface area contributed by atoms with Crippen molar-refractivity contribution in [2.75, 3.05) is 33.3 Å². The van der Waals surface area contributed by atoms with Gasteiger partial charge in [-0.25, -0.2) is 0 Å². The summed E-state index contributed by atoms with van der Waals surface area (Å²) in [6, 6.07) is 8.80. The van der Waals surface area contributed by atoms with Gasteiger partial charge in [-0.15, -0.1) is 0 Å². The molecule has 3 atom stereocenters. The van der Waals surface area contributed by atoms with Crippen LogP contribution >= 0.6 is 0 Å². The lowest BCUT2D eigenvalue weighted by Crippen LogP contribution is -2.50. The third kappa shape index (κ3) is 3.73. The molecule has 1 aromatic carbocycles. The minimum atomic E-state index is 0.155. The lowest BCUT2D eigenvalue weighted by atomic mass is 10.0. The predicted molar refractivity (Wildman–Crippen MR) is 94.9 cm³/mol. The second-order valence-electron chi connectivity index (χ2n) is 7.08. The molecule has 1 heterocycles. The molecule has 0 unspecified atom stereocenters. The summed E-state index contributed by atoms with van der Waals surface area (Å²) >= 11 is 0. The maximum atomic E-state index is 12.6. The van der Waals surface area contributed by atoms with Gasteiger partial charge in [-0.3, -0.25) is 9.69 Å². The van der Waals surface area contributed by atoms with Gasteiger partial charge in [0.15, 0.2) is 0 Å². The number of ether oxygens (including phenoxy) is 1. The van der Waals surface area contributed by atoms with Gasteiger partial charge in [-0.1, -0.05) is 12.1 Å². The van der Waals surface area contributed by atoms with E-state index in [1.54, 1.807) is 7.11 Å². The molecule has 5 heteroatoms. The van der Waals surface area contributed by atoms with Crippen LogP contribution in [0.15, 0.2) is 24.3 Å². The Hall–Kier alpha value is -1.59. The molecule has 24 heavy (non-hydrogen) atoms. The molecule has 2 N–H and O–H groups in total. The van der Waals surface area contributed by atoms with Crippen LogP contribution in [0.2, 0.25) is 0 Å². The van der Waals surface area contributed by atoms with E-state index in [2.05, 4.69) is 24.0 Å². The first-order valence-electron chi connectivity index (χ1n) is 9.01. The smallest absolute Gasteiger partial charge is 0.225 e.